The SMILES string of the molecule is CC1=CC(=O)[C@@H]2C(C)(C)CCC[C@]2(C)[C@H]1C=Cc1ccoc1. The Labute approximate surface area is 133 Å². The van der Waals surface area contributed by atoms with Gasteiger partial charge in [0.15, 0.2) is 5.78 Å². The molecule has 3 rings (SSSR count). The second-order valence-corrected chi connectivity index (χ2v) is 7.97. The van der Waals surface area contributed by atoms with Crippen LogP contribution in [-0.4, -0.2) is 5.78 Å². The zero-order chi connectivity index (χ0) is 16.0. The summed E-state index contributed by atoms with van der Waals surface area (Å²) < 4.78 is 5.14. The lowest BCUT2D eigenvalue weighted by Crippen LogP contribution is -2.52. The summed E-state index contributed by atoms with van der Waals surface area (Å²) >= 11 is 0. The number of allylic oxidation sites excluding steroid dienone is 3. The number of ketones is 1. The fourth-order valence-electron chi connectivity index (χ4n) is 5.02. The van der Waals surface area contributed by atoms with E-state index < -0.39 is 0 Å². The number of hydrogen-bond donors (Lipinski definition) is 0. The van der Waals surface area contributed by atoms with E-state index in [9.17, 15) is 4.79 Å². The Morgan fingerprint density at radius 2 is 2.05 bits per heavy atom. The normalized spacial score (nSPS) is 34.5. The van der Waals surface area contributed by atoms with E-state index in [4.69, 9.17) is 4.42 Å². The Bertz CT molecular complexity index is 618. The predicted octanol–water partition coefficient (Wildman–Crippen LogP) is 5.27. The molecule has 2 aliphatic rings. The molecule has 118 valence electrons. The highest BCUT2D eigenvalue weighted by atomic mass is 16.3. The Kier molecular flexibility index (Phi) is 3.66. The topological polar surface area (TPSA) is 30.2 Å². The summed E-state index contributed by atoms with van der Waals surface area (Å²) in [6.07, 6.45) is 13.2. The highest BCUT2D eigenvalue weighted by Gasteiger charge is 2.54. The van der Waals surface area contributed by atoms with Crippen LogP contribution in [0.5, 0.6) is 0 Å². The van der Waals surface area contributed by atoms with Crippen molar-refractivity contribution < 1.29 is 9.21 Å². The molecule has 2 nitrogen and oxygen atoms in total. The molecule has 0 N–H and O–H groups in total. The van der Waals surface area contributed by atoms with Gasteiger partial charge < -0.3 is 4.42 Å². The van der Waals surface area contributed by atoms with Crippen LogP contribution in [0.25, 0.3) is 6.08 Å². The molecule has 0 spiro atoms. The van der Waals surface area contributed by atoms with Gasteiger partial charge >= 0.3 is 0 Å². The number of carbonyl (C=O) groups excluding carboxylic acids is 1. The molecule has 0 saturated heterocycles. The van der Waals surface area contributed by atoms with Crippen molar-refractivity contribution in [1.82, 2.24) is 0 Å². The summed E-state index contributed by atoms with van der Waals surface area (Å²) in [5.74, 6) is 0.777. The molecule has 0 amide bonds. The van der Waals surface area contributed by atoms with Crippen molar-refractivity contribution in [2.75, 3.05) is 0 Å². The Morgan fingerprint density at radius 3 is 2.73 bits per heavy atom. The highest BCUT2D eigenvalue weighted by molar-refractivity contribution is 5.95. The summed E-state index contributed by atoms with van der Waals surface area (Å²) in [5.41, 5.74) is 2.39. The van der Waals surface area contributed by atoms with Gasteiger partial charge in [-0.2, -0.15) is 0 Å². The maximum Gasteiger partial charge on any atom is 0.159 e. The smallest absolute Gasteiger partial charge is 0.159 e. The molecule has 1 heterocycles. The van der Waals surface area contributed by atoms with Crippen LogP contribution in [0.1, 0.15) is 52.5 Å². The summed E-state index contributed by atoms with van der Waals surface area (Å²) in [5, 5.41) is 0. The van der Waals surface area contributed by atoms with E-state index in [-0.39, 0.29) is 16.7 Å². The first-order chi connectivity index (χ1) is 10.3. The average Bonchev–Trinajstić information content (AvgIpc) is 2.89. The molecule has 2 aliphatic carbocycles. The van der Waals surface area contributed by atoms with Crippen LogP contribution in [0.15, 0.2) is 40.7 Å². The molecule has 0 aliphatic heterocycles. The molecular formula is C20H26O2. The van der Waals surface area contributed by atoms with Crippen LogP contribution in [-0.2, 0) is 4.79 Å². The Morgan fingerprint density at radius 1 is 1.27 bits per heavy atom. The fourth-order valence-corrected chi connectivity index (χ4v) is 5.02. The number of rotatable bonds is 2. The van der Waals surface area contributed by atoms with Crippen molar-refractivity contribution in [3.8, 4) is 0 Å². The van der Waals surface area contributed by atoms with E-state index in [0.717, 1.165) is 18.4 Å². The third-order valence-corrected chi connectivity index (χ3v) is 5.86. The van der Waals surface area contributed by atoms with E-state index in [1.807, 2.05) is 12.1 Å². The van der Waals surface area contributed by atoms with E-state index in [2.05, 4.69) is 39.8 Å². The standard InChI is InChI=1S/C20H26O2/c1-14-12-17(21)18-19(2,3)9-5-10-20(18,4)16(14)7-6-15-8-11-22-13-15/h6-8,11-13,16,18H,5,9-10H2,1-4H3/t16-,18+,20+/m0/s1. The second kappa shape index (κ2) is 5.26. The van der Waals surface area contributed by atoms with Gasteiger partial charge in [0.25, 0.3) is 0 Å². The van der Waals surface area contributed by atoms with Gasteiger partial charge in [0, 0.05) is 17.4 Å². The number of hydrogen-bond acceptors (Lipinski definition) is 2. The third-order valence-electron chi connectivity index (χ3n) is 5.86. The number of fused-ring (bicyclic) bond motifs is 1. The van der Waals surface area contributed by atoms with Gasteiger partial charge in [-0.15, -0.1) is 0 Å². The van der Waals surface area contributed by atoms with E-state index in [1.54, 1.807) is 12.5 Å². The predicted molar refractivity (Wildman–Crippen MR) is 89.2 cm³/mol. The minimum Gasteiger partial charge on any atom is -0.472 e. The first-order valence-corrected chi connectivity index (χ1v) is 8.27. The number of furan rings is 1. The summed E-state index contributed by atoms with van der Waals surface area (Å²) in [6, 6.07) is 1.97. The maximum atomic E-state index is 12.7. The summed E-state index contributed by atoms with van der Waals surface area (Å²) in [7, 11) is 0. The lowest BCUT2D eigenvalue weighted by molar-refractivity contribution is -0.134. The van der Waals surface area contributed by atoms with Crippen molar-refractivity contribution in [1.29, 1.82) is 0 Å². The first-order valence-electron chi connectivity index (χ1n) is 8.27. The molecule has 1 saturated carbocycles. The molecule has 0 unspecified atom stereocenters. The van der Waals surface area contributed by atoms with Crippen LogP contribution >= 0.6 is 0 Å². The largest absolute Gasteiger partial charge is 0.472 e. The Hall–Kier alpha value is -1.57. The van der Waals surface area contributed by atoms with Crippen molar-refractivity contribution in [2.45, 2.75) is 47.0 Å². The number of carbonyl (C=O) groups is 1. The molecule has 0 aromatic carbocycles. The summed E-state index contributed by atoms with van der Waals surface area (Å²) in [4.78, 5) is 12.7. The van der Waals surface area contributed by atoms with Crippen LogP contribution in [0, 0.1) is 22.7 Å². The lowest BCUT2D eigenvalue weighted by atomic mass is 9.48. The van der Waals surface area contributed by atoms with Gasteiger partial charge in [-0.05, 0) is 42.7 Å². The van der Waals surface area contributed by atoms with Gasteiger partial charge in [0.1, 0.15) is 0 Å². The van der Waals surface area contributed by atoms with E-state index in [1.165, 1.54) is 12.0 Å². The van der Waals surface area contributed by atoms with Crippen molar-refractivity contribution in [3.05, 3.63) is 41.9 Å². The first kappa shape index (κ1) is 15.3. The maximum absolute atomic E-state index is 12.7. The van der Waals surface area contributed by atoms with Crippen LogP contribution in [0.4, 0.5) is 0 Å². The zero-order valence-corrected chi connectivity index (χ0v) is 14.1. The molecule has 3 atom stereocenters. The minimum atomic E-state index is 0.0257. The van der Waals surface area contributed by atoms with Crippen LogP contribution < -0.4 is 0 Å². The van der Waals surface area contributed by atoms with Crippen molar-refractivity contribution >= 4 is 11.9 Å². The second-order valence-electron chi connectivity index (χ2n) is 7.97. The zero-order valence-electron chi connectivity index (χ0n) is 14.1. The third kappa shape index (κ3) is 2.39. The van der Waals surface area contributed by atoms with E-state index >= 15 is 0 Å². The van der Waals surface area contributed by atoms with Gasteiger partial charge in [-0.1, -0.05) is 44.9 Å². The quantitative estimate of drug-likeness (QED) is 0.744. The van der Waals surface area contributed by atoms with Crippen LogP contribution in [0.2, 0.25) is 0 Å². The monoisotopic (exact) mass is 298 g/mol. The van der Waals surface area contributed by atoms with Gasteiger partial charge in [0.05, 0.1) is 12.5 Å². The molecule has 0 bridgehead atoms. The average molecular weight is 298 g/mol. The van der Waals surface area contributed by atoms with Gasteiger partial charge in [-0.3, -0.25) is 4.79 Å². The highest BCUT2D eigenvalue weighted by Crippen LogP contribution is 2.58. The molecular weight excluding hydrogens is 272 g/mol. The van der Waals surface area contributed by atoms with Crippen molar-refractivity contribution in [3.63, 3.8) is 0 Å². The minimum absolute atomic E-state index is 0.0257. The molecule has 1 aromatic heterocycles. The summed E-state index contributed by atoms with van der Waals surface area (Å²) in [6.45, 7) is 8.94. The lowest BCUT2D eigenvalue weighted by Gasteiger charge is -2.55. The fraction of sp³-hybridized carbons (Fsp3) is 0.550. The molecule has 2 heteroatoms. The molecule has 1 fully saturated rings. The Balaban J connectivity index is 2.01. The van der Waals surface area contributed by atoms with Gasteiger partial charge in [0.2, 0.25) is 0 Å². The van der Waals surface area contributed by atoms with E-state index in [0.29, 0.717) is 11.7 Å². The van der Waals surface area contributed by atoms with Gasteiger partial charge in [-0.25, -0.2) is 0 Å². The van der Waals surface area contributed by atoms with Crippen LogP contribution in [0.3, 0.4) is 0 Å². The molecule has 22 heavy (non-hydrogen) atoms. The molecule has 1 aromatic rings. The van der Waals surface area contributed by atoms with Crippen molar-refractivity contribution in [2.24, 2.45) is 22.7 Å². The molecule has 0 radical (unpaired) electrons.